The summed E-state index contributed by atoms with van der Waals surface area (Å²) in [6, 6.07) is 2.77. The summed E-state index contributed by atoms with van der Waals surface area (Å²) in [4.78, 5) is 28.3. The predicted octanol–water partition coefficient (Wildman–Crippen LogP) is 2.04. The minimum atomic E-state index is -0.476. The summed E-state index contributed by atoms with van der Waals surface area (Å²) < 4.78 is 0. The van der Waals surface area contributed by atoms with Gasteiger partial charge in [0.05, 0.1) is 0 Å². The fourth-order valence-corrected chi connectivity index (χ4v) is 2.37. The van der Waals surface area contributed by atoms with Crippen molar-refractivity contribution in [1.82, 2.24) is 15.6 Å². The van der Waals surface area contributed by atoms with Crippen molar-refractivity contribution < 1.29 is 9.59 Å². The van der Waals surface area contributed by atoms with Crippen LogP contribution in [0.1, 0.15) is 49.7 Å². The first-order valence-corrected chi connectivity index (χ1v) is 7.42. The van der Waals surface area contributed by atoms with Crippen LogP contribution in [0, 0.1) is 0 Å². The first kappa shape index (κ1) is 15.8. The number of rotatable bonds is 2. The molecule has 21 heavy (non-hydrogen) atoms. The van der Waals surface area contributed by atoms with Crippen LogP contribution >= 0.6 is 11.6 Å². The monoisotopic (exact) mass is 309 g/mol. The van der Waals surface area contributed by atoms with Crippen molar-refractivity contribution >= 4 is 23.4 Å². The summed E-state index contributed by atoms with van der Waals surface area (Å²) in [6.07, 6.45) is 1.52. The van der Waals surface area contributed by atoms with E-state index in [-0.39, 0.29) is 22.4 Å². The molecule has 2 rings (SSSR count). The molecule has 1 atom stereocenters. The maximum absolute atomic E-state index is 12.3. The molecule has 0 spiro atoms. The van der Waals surface area contributed by atoms with Gasteiger partial charge in [-0.3, -0.25) is 9.59 Å². The van der Waals surface area contributed by atoms with Crippen molar-refractivity contribution in [2.75, 3.05) is 6.54 Å². The third-order valence-electron chi connectivity index (χ3n) is 3.42. The molecule has 0 radical (unpaired) electrons. The number of aromatic nitrogens is 1. The van der Waals surface area contributed by atoms with E-state index >= 15 is 0 Å². The largest absolute Gasteiger partial charge is 0.354 e. The van der Waals surface area contributed by atoms with E-state index in [4.69, 9.17) is 11.6 Å². The van der Waals surface area contributed by atoms with Crippen LogP contribution in [0.2, 0.25) is 5.15 Å². The van der Waals surface area contributed by atoms with Gasteiger partial charge in [-0.15, -0.1) is 0 Å². The van der Waals surface area contributed by atoms with Gasteiger partial charge in [0.25, 0.3) is 5.91 Å². The highest BCUT2D eigenvalue weighted by Gasteiger charge is 2.25. The average Bonchev–Trinajstić information content (AvgIpc) is 2.39. The second kappa shape index (κ2) is 6.02. The minimum absolute atomic E-state index is 0.134. The van der Waals surface area contributed by atoms with Crippen LogP contribution < -0.4 is 10.6 Å². The third kappa shape index (κ3) is 3.94. The zero-order chi connectivity index (χ0) is 15.6. The van der Waals surface area contributed by atoms with Crippen LogP contribution in [0.5, 0.6) is 0 Å². The van der Waals surface area contributed by atoms with Crippen LogP contribution in [0.15, 0.2) is 12.1 Å². The standard InChI is InChI=1S/C15H20ClN3O2/c1-15(2,3)11-7-9(8-12(16)19-11)13(20)18-10-5-4-6-17-14(10)21/h7-8,10H,4-6H2,1-3H3,(H,17,21)(H,18,20). The van der Waals surface area contributed by atoms with E-state index in [9.17, 15) is 9.59 Å². The second-order valence-electron chi connectivity index (χ2n) is 6.27. The Kier molecular flexibility index (Phi) is 4.52. The molecule has 5 nitrogen and oxygen atoms in total. The van der Waals surface area contributed by atoms with Crippen LogP contribution in [-0.2, 0) is 10.2 Å². The highest BCUT2D eigenvalue weighted by molar-refractivity contribution is 6.29. The second-order valence-corrected chi connectivity index (χ2v) is 6.66. The third-order valence-corrected chi connectivity index (χ3v) is 3.61. The lowest BCUT2D eigenvalue weighted by molar-refractivity contribution is -0.124. The quantitative estimate of drug-likeness (QED) is 0.821. The van der Waals surface area contributed by atoms with Crippen molar-refractivity contribution in [2.45, 2.75) is 45.1 Å². The van der Waals surface area contributed by atoms with Crippen molar-refractivity contribution in [3.05, 3.63) is 28.5 Å². The molecule has 114 valence electrons. The van der Waals surface area contributed by atoms with Gasteiger partial charge < -0.3 is 10.6 Å². The van der Waals surface area contributed by atoms with Gasteiger partial charge in [-0.05, 0) is 25.0 Å². The molecule has 1 saturated heterocycles. The van der Waals surface area contributed by atoms with Gasteiger partial charge in [0.15, 0.2) is 0 Å². The first-order chi connectivity index (χ1) is 9.77. The summed E-state index contributed by atoms with van der Waals surface area (Å²) in [7, 11) is 0. The highest BCUT2D eigenvalue weighted by Crippen LogP contribution is 2.23. The summed E-state index contributed by atoms with van der Waals surface area (Å²) in [6.45, 7) is 6.67. The molecular formula is C15H20ClN3O2. The molecule has 6 heteroatoms. The average molecular weight is 310 g/mol. The Labute approximate surface area is 129 Å². The molecule has 2 amide bonds. The number of carbonyl (C=O) groups is 2. The van der Waals surface area contributed by atoms with E-state index in [2.05, 4.69) is 15.6 Å². The first-order valence-electron chi connectivity index (χ1n) is 7.04. The van der Waals surface area contributed by atoms with Crippen molar-refractivity contribution in [1.29, 1.82) is 0 Å². The molecule has 1 aromatic rings. The number of nitrogens with one attached hydrogen (secondary N) is 2. The Morgan fingerprint density at radius 1 is 1.43 bits per heavy atom. The molecule has 0 aliphatic carbocycles. The summed E-state index contributed by atoms with van der Waals surface area (Å²) in [5, 5.41) is 5.78. The number of hydrogen-bond acceptors (Lipinski definition) is 3. The predicted molar refractivity (Wildman–Crippen MR) is 81.4 cm³/mol. The lowest BCUT2D eigenvalue weighted by atomic mass is 9.91. The number of amides is 2. The van der Waals surface area contributed by atoms with Gasteiger partial charge in [-0.2, -0.15) is 0 Å². The Morgan fingerprint density at radius 2 is 2.14 bits per heavy atom. The Bertz CT molecular complexity index is 567. The Hall–Kier alpha value is -1.62. The van der Waals surface area contributed by atoms with E-state index in [0.717, 1.165) is 12.1 Å². The fraction of sp³-hybridized carbons (Fsp3) is 0.533. The van der Waals surface area contributed by atoms with Crippen molar-refractivity contribution in [3.63, 3.8) is 0 Å². The molecule has 0 saturated carbocycles. The van der Waals surface area contributed by atoms with Gasteiger partial charge in [0, 0.05) is 23.2 Å². The molecule has 1 aromatic heterocycles. The maximum Gasteiger partial charge on any atom is 0.252 e. The zero-order valence-electron chi connectivity index (χ0n) is 12.5. The van der Waals surface area contributed by atoms with Crippen molar-refractivity contribution in [2.24, 2.45) is 0 Å². The Morgan fingerprint density at radius 3 is 2.76 bits per heavy atom. The molecular weight excluding hydrogens is 290 g/mol. The smallest absolute Gasteiger partial charge is 0.252 e. The summed E-state index contributed by atoms with van der Waals surface area (Å²) in [5.41, 5.74) is 0.967. The number of piperidine rings is 1. The van der Waals surface area contributed by atoms with E-state index < -0.39 is 6.04 Å². The van der Waals surface area contributed by atoms with Crippen LogP contribution in [0.3, 0.4) is 0 Å². The fourth-order valence-electron chi connectivity index (χ4n) is 2.16. The molecule has 1 fully saturated rings. The molecule has 2 heterocycles. The van der Waals surface area contributed by atoms with Gasteiger partial charge in [-0.1, -0.05) is 32.4 Å². The molecule has 1 aliphatic rings. The minimum Gasteiger partial charge on any atom is -0.354 e. The maximum atomic E-state index is 12.3. The molecule has 1 aliphatic heterocycles. The molecule has 0 bridgehead atoms. The van der Waals surface area contributed by atoms with E-state index in [1.54, 1.807) is 6.07 Å². The molecule has 1 unspecified atom stereocenters. The normalized spacial score (nSPS) is 19.0. The van der Waals surface area contributed by atoms with Crippen LogP contribution in [-0.4, -0.2) is 29.4 Å². The SMILES string of the molecule is CC(C)(C)c1cc(C(=O)NC2CCCNC2=O)cc(Cl)n1. The van der Waals surface area contributed by atoms with Crippen LogP contribution in [0.25, 0.3) is 0 Å². The molecule has 0 aromatic carbocycles. The van der Waals surface area contributed by atoms with Crippen molar-refractivity contribution in [3.8, 4) is 0 Å². The van der Waals surface area contributed by atoms with E-state index in [1.165, 1.54) is 6.07 Å². The topological polar surface area (TPSA) is 71.1 Å². The summed E-state index contributed by atoms with van der Waals surface area (Å²) in [5.74, 6) is -0.433. The van der Waals surface area contributed by atoms with E-state index in [1.807, 2.05) is 20.8 Å². The zero-order valence-corrected chi connectivity index (χ0v) is 13.3. The van der Waals surface area contributed by atoms with E-state index in [0.29, 0.717) is 18.5 Å². The molecule has 2 N–H and O–H groups in total. The number of nitrogens with zero attached hydrogens (tertiary/aromatic N) is 1. The van der Waals surface area contributed by atoms with Gasteiger partial charge in [-0.25, -0.2) is 4.98 Å². The van der Waals surface area contributed by atoms with Gasteiger partial charge in [0.1, 0.15) is 11.2 Å². The number of carbonyl (C=O) groups excluding carboxylic acids is 2. The number of pyridine rings is 1. The Balaban J connectivity index is 2.19. The lowest BCUT2D eigenvalue weighted by Crippen LogP contribution is -2.50. The van der Waals surface area contributed by atoms with Gasteiger partial charge >= 0.3 is 0 Å². The number of hydrogen-bond donors (Lipinski definition) is 2. The lowest BCUT2D eigenvalue weighted by Gasteiger charge is -2.23. The van der Waals surface area contributed by atoms with Gasteiger partial charge in [0.2, 0.25) is 5.91 Å². The highest BCUT2D eigenvalue weighted by atomic mass is 35.5. The summed E-state index contributed by atoms with van der Waals surface area (Å²) >= 11 is 6.00. The van der Waals surface area contributed by atoms with Crippen LogP contribution in [0.4, 0.5) is 0 Å². The number of halogens is 1.